The lowest BCUT2D eigenvalue weighted by molar-refractivity contribution is -0.132. The Morgan fingerprint density at radius 2 is 1.46 bits per heavy atom. The Morgan fingerprint density at radius 3 is 2.18 bits per heavy atom. The second-order valence-electron chi connectivity index (χ2n) is 6.76. The highest BCUT2D eigenvalue weighted by Gasteiger charge is 2.25. The molecule has 1 aliphatic rings. The second-order valence-corrected chi connectivity index (χ2v) is 6.76. The summed E-state index contributed by atoms with van der Waals surface area (Å²) in [5.41, 5.74) is 0.953. The summed E-state index contributed by atoms with van der Waals surface area (Å²) < 4.78 is 0. The molecule has 3 aromatic rings. The van der Waals surface area contributed by atoms with E-state index in [4.69, 9.17) is 0 Å². The maximum Gasteiger partial charge on any atom is 0.272 e. The van der Waals surface area contributed by atoms with Crippen LogP contribution in [0.2, 0.25) is 0 Å². The Hall–Kier alpha value is -3.48. The summed E-state index contributed by atoms with van der Waals surface area (Å²) in [7, 11) is 0. The Bertz CT molecular complexity index is 1070. The summed E-state index contributed by atoms with van der Waals surface area (Å²) in [4.78, 5) is 40.7. The molecule has 0 aliphatic carbocycles. The molecule has 7 heteroatoms. The number of carbonyl (C=O) groups excluding carboxylic acids is 2. The van der Waals surface area contributed by atoms with Crippen LogP contribution < -0.4 is 5.56 Å². The third kappa shape index (κ3) is 3.51. The average Bonchev–Trinajstić information content (AvgIpc) is 2.76. The van der Waals surface area contributed by atoms with Gasteiger partial charge in [0.2, 0.25) is 5.91 Å². The van der Waals surface area contributed by atoms with Crippen LogP contribution in [0.1, 0.15) is 16.1 Å². The van der Waals surface area contributed by atoms with Gasteiger partial charge in [-0.1, -0.05) is 36.4 Å². The van der Waals surface area contributed by atoms with E-state index in [1.165, 1.54) is 0 Å². The molecule has 7 nitrogen and oxygen atoms in total. The number of fused-ring (bicyclic) bond motifs is 1. The van der Waals surface area contributed by atoms with E-state index in [1.54, 1.807) is 40.1 Å². The van der Waals surface area contributed by atoms with Crippen molar-refractivity contribution in [1.29, 1.82) is 0 Å². The normalized spacial score (nSPS) is 14.3. The van der Waals surface area contributed by atoms with Crippen LogP contribution in [0.3, 0.4) is 0 Å². The summed E-state index contributed by atoms with van der Waals surface area (Å²) in [6.07, 6.45) is 0.115. The molecule has 0 spiro atoms. The highest BCUT2D eigenvalue weighted by molar-refractivity contribution is 5.94. The third-order valence-corrected chi connectivity index (χ3v) is 5.03. The third-order valence-electron chi connectivity index (χ3n) is 5.03. The molecule has 28 heavy (non-hydrogen) atoms. The summed E-state index contributed by atoms with van der Waals surface area (Å²) in [5.74, 6) is -0.0718. The number of aromatic amines is 1. The Kier molecular flexibility index (Phi) is 4.89. The zero-order valence-corrected chi connectivity index (χ0v) is 15.3. The Balaban J connectivity index is 1.42. The number of benzene rings is 2. The summed E-state index contributed by atoms with van der Waals surface area (Å²) in [5, 5.41) is 7.76. The molecule has 142 valence electrons. The summed E-state index contributed by atoms with van der Waals surface area (Å²) >= 11 is 0. The van der Waals surface area contributed by atoms with Crippen LogP contribution in [0.5, 0.6) is 0 Å². The van der Waals surface area contributed by atoms with Gasteiger partial charge >= 0.3 is 0 Å². The molecule has 2 aromatic carbocycles. The summed E-state index contributed by atoms with van der Waals surface area (Å²) in [6.45, 7) is 1.97. The SMILES string of the molecule is O=C(Cc1n[nH]c(=O)c2ccccc12)N1CCN(C(=O)c2ccccc2)CC1. The van der Waals surface area contributed by atoms with Crippen LogP contribution in [0.4, 0.5) is 0 Å². The zero-order chi connectivity index (χ0) is 19.5. The fraction of sp³-hybridized carbons (Fsp3) is 0.238. The first-order valence-electron chi connectivity index (χ1n) is 9.22. The molecule has 0 radical (unpaired) electrons. The summed E-state index contributed by atoms with van der Waals surface area (Å²) in [6, 6.07) is 16.3. The van der Waals surface area contributed by atoms with Gasteiger partial charge in [0.15, 0.2) is 0 Å². The number of hydrogen-bond donors (Lipinski definition) is 1. The van der Waals surface area contributed by atoms with Gasteiger partial charge in [0.05, 0.1) is 17.5 Å². The number of H-pyrrole nitrogens is 1. The first-order valence-corrected chi connectivity index (χ1v) is 9.22. The second kappa shape index (κ2) is 7.64. The topological polar surface area (TPSA) is 86.4 Å². The fourth-order valence-corrected chi connectivity index (χ4v) is 3.48. The molecule has 1 N–H and O–H groups in total. The minimum absolute atomic E-state index is 0.0130. The van der Waals surface area contributed by atoms with Crippen molar-refractivity contribution in [2.75, 3.05) is 26.2 Å². The van der Waals surface area contributed by atoms with Gasteiger partial charge in [-0.15, -0.1) is 0 Å². The van der Waals surface area contributed by atoms with Crippen molar-refractivity contribution in [3.63, 3.8) is 0 Å². The van der Waals surface area contributed by atoms with E-state index in [-0.39, 0.29) is 23.8 Å². The van der Waals surface area contributed by atoms with E-state index in [9.17, 15) is 14.4 Å². The standard InChI is InChI=1S/C21H20N4O3/c26-19(14-18-16-8-4-5-9-17(16)20(27)23-22-18)24-10-12-25(13-11-24)21(28)15-6-2-1-3-7-15/h1-9H,10-14H2,(H,23,27). The maximum atomic E-state index is 12.7. The van der Waals surface area contributed by atoms with Gasteiger partial charge in [0.25, 0.3) is 11.5 Å². The lowest BCUT2D eigenvalue weighted by Gasteiger charge is -2.34. The van der Waals surface area contributed by atoms with Gasteiger partial charge in [0.1, 0.15) is 0 Å². The number of rotatable bonds is 3. The van der Waals surface area contributed by atoms with Crippen molar-refractivity contribution in [2.24, 2.45) is 0 Å². The number of nitrogens with zero attached hydrogens (tertiary/aromatic N) is 3. The molecule has 2 amide bonds. The van der Waals surface area contributed by atoms with E-state index in [1.807, 2.05) is 24.3 Å². The van der Waals surface area contributed by atoms with Gasteiger partial charge in [-0.2, -0.15) is 5.10 Å². The predicted molar refractivity (Wildman–Crippen MR) is 105 cm³/mol. The molecule has 0 atom stereocenters. The quantitative estimate of drug-likeness (QED) is 0.750. The molecule has 0 saturated carbocycles. The minimum atomic E-state index is -0.264. The molecule has 0 bridgehead atoms. The van der Waals surface area contributed by atoms with E-state index < -0.39 is 0 Å². The van der Waals surface area contributed by atoms with Crippen LogP contribution in [0.15, 0.2) is 59.4 Å². The van der Waals surface area contributed by atoms with Gasteiger partial charge < -0.3 is 9.80 Å². The lowest BCUT2D eigenvalue weighted by atomic mass is 10.1. The molecule has 1 saturated heterocycles. The molecule has 1 aromatic heterocycles. The smallest absolute Gasteiger partial charge is 0.272 e. The number of piperazine rings is 1. The highest BCUT2D eigenvalue weighted by atomic mass is 16.2. The van der Waals surface area contributed by atoms with Gasteiger partial charge in [-0.05, 0) is 18.2 Å². The number of aromatic nitrogens is 2. The van der Waals surface area contributed by atoms with E-state index in [2.05, 4.69) is 10.2 Å². The van der Waals surface area contributed by atoms with Crippen LogP contribution in [0.25, 0.3) is 10.8 Å². The predicted octanol–water partition coefficient (Wildman–Crippen LogP) is 1.45. The van der Waals surface area contributed by atoms with Crippen molar-refractivity contribution in [2.45, 2.75) is 6.42 Å². The number of carbonyl (C=O) groups is 2. The van der Waals surface area contributed by atoms with Crippen LogP contribution >= 0.6 is 0 Å². The van der Waals surface area contributed by atoms with Gasteiger partial charge in [-0.25, -0.2) is 5.10 Å². The van der Waals surface area contributed by atoms with Crippen LogP contribution in [-0.2, 0) is 11.2 Å². The molecule has 1 aliphatic heterocycles. The van der Waals surface area contributed by atoms with Gasteiger partial charge in [-0.3, -0.25) is 14.4 Å². The first kappa shape index (κ1) is 17.9. The molecular formula is C21H20N4O3. The lowest BCUT2D eigenvalue weighted by Crippen LogP contribution is -2.51. The van der Waals surface area contributed by atoms with E-state index in [0.717, 1.165) is 0 Å². The van der Waals surface area contributed by atoms with Gasteiger partial charge in [0, 0.05) is 37.1 Å². The van der Waals surface area contributed by atoms with Crippen molar-refractivity contribution in [1.82, 2.24) is 20.0 Å². The Morgan fingerprint density at radius 1 is 0.857 bits per heavy atom. The van der Waals surface area contributed by atoms with Crippen molar-refractivity contribution >= 4 is 22.6 Å². The molecular weight excluding hydrogens is 356 g/mol. The monoisotopic (exact) mass is 376 g/mol. The first-order chi connectivity index (χ1) is 13.6. The Labute approximate surface area is 161 Å². The molecule has 4 rings (SSSR count). The largest absolute Gasteiger partial charge is 0.339 e. The molecule has 1 fully saturated rings. The zero-order valence-electron chi connectivity index (χ0n) is 15.3. The number of amides is 2. The van der Waals surface area contributed by atoms with E-state index in [0.29, 0.717) is 48.2 Å². The van der Waals surface area contributed by atoms with Crippen LogP contribution in [0, 0.1) is 0 Å². The molecule has 0 unspecified atom stereocenters. The maximum absolute atomic E-state index is 12.7. The van der Waals surface area contributed by atoms with Crippen molar-refractivity contribution < 1.29 is 9.59 Å². The van der Waals surface area contributed by atoms with Crippen LogP contribution in [-0.4, -0.2) is 58.0 Å². The van der Waals surface area contributed by atoms with Crippen molar-refractivity contribution in [3.8, 4) is 0 Å². The number of hydrogen-bond acceptors (Lipinski definition) is 4. The number of nitrogens with one attached hydrogen (secondary N) is 1. The minimum Gasteiger partial charge on any atom is -0.339 e. The molecule has 2 heterocycles. The van der Waals surface area contributed by atoms with E-state index >= 15 is 0 Å². The highest BCUT2D eigenvalue weighted by Crippen LogP contribution is 2.15. The fourth-order valence-electron chi connectivity index (χ4n) is 3.48. The average molecular weight is 376 g/mol. The van der Waals surface area contributed by atoms with Crippen molar-refractivity contribution in [3.05, 3.63) is 76.2 Å².